The second kappa shape index (κ2) is 5.59. The number of methoxy groups -OCH3 is 1. The van der Waals surface area contributed by atoms with Crippen molar-refractivity contribution in [1.29, 1.82) is 0 Å². The second-order valence-corrected chi connectivity index (χ2v) is 5.23. The Morgan fingerprint density at radius 1 is 1.16 bits per heavy atom. The monoisotopic (exact) mass is 264 g/mol. The van der Waals surface area contributed by atoms with Gasteiger partial charge in [-0.1, -0.05) is 37.3 Å². The third-order valence-corrected chi connectivity index (χ3v) is 3.85. The molecule has 1 aromatic rings. The summed E-state index contributed by atoms with van der Waals surface area (Å²) in [5, 5.41) is 0. The SMILES string of the molecule is CO[C@@H]1C[C@@H](C)[C@@H]2OC(c3ccccc3)OC[C@H]2O1. The summed E-state index contributed by atoms with van der Waals surface area (Å²) in [6.45, 7) is 2.73. The van der Waals surface area contributed by atoms with Crippen LogP contribution >= 0.6 is 0 Å². The molecule has 0 radical (unpaired) electrons. The van der Waals surface area contributed by atoms with Crippen LogP contribution in [-0.4, -0.2) is 32.2 Å². The Balaban J connectivity index is 1.70. The van der Waals surface area contributed by atoms with Gasteiger partial charge < -0.3 is 18.9 Å². The second-order valence-electron chi connectivity index (χ2n) is 5.23. The number of benzene rings is 1. The lowest BCUT2D eigenvalue weighted by molar-refractivity contribution is -0.325. The molecule has 0 spiro atoms. The maximum Gasteiger partial charge on any atom is 0.184 e. The van der Waals surface area contributed by atoms with Gasteiger partial charge in [0.15, 0.2) is 12.6 Å². The molecule has 2 fully saturated rings. The van der Waals surface area contributed by atoms with E-state index in [4.69, 9.17) is 18.9 Å². The zero-order valence-corrected chi connectivity index (χ0v) is 11.3. The highest BCUT2D eigenvalue weighted by Gasteiger charge is 2.42. The summed E-state index contributed by atoms with van der Waals surface area (Å²) in [6.07, 6.45) is 0.474. The summed E-state index contributed by atoms with van der Waals surface area (Å²) in [4.78, 5) is 0. The first-order valence-corrected chi connectivity index (χ1v) is 6.78. The summed E-state index contributed by atoms with van der Waals surface area (Å²) in [6, 6.07) is 10.0. The summed E-state index contributed by atoms with van der Waals surface area (Å²) in [5.41, 5.74) is 1.06. The van der Waals surface area contributed by atoms with Crippen molar-refractivity contribution in [3.63, 3.8) is 0 Å². The molecule has 0 bridgehead atoms. The molecule has 0 aliphatic carbocycles. The van der Waals surface area contributed by atoms with Gasteiger partial charge in [-0.3, -0.25) is 0 Å². The number of hydrogen-bond acceptors (Lipinski definition) is 4. The quantitative estimate of drug-likeness (QED) is 0.822. The van der Waals surface area contributed by atoms with Gasteiger partial charge in [0, 0.05) is 19.1 Å². The van der Waals surface area contributed by atoms with E-state index >= 15 is 0 Å². The summed E-state index contributed by atoms with van der Waals surface area (Å²) < 4.78 is 23.0. The summed E-state index contributed by atoms with van der Waals surface area (Å²) in [7, 11) is 1.68. The van der Waals surface area contributed by atoms with Crippen molar-refractivity contribution in [1.82, 2.24) is 0 Å². The highest BCUT2D eigenvalue weighted by molar-refractivity contribution is 5.16. The highest BCUT2D eigenvalue weighted by atomic mass is 16.7. The summed E-state index contributed by atoms with van der Waals surface area (Å²) in [5.74, 6) is 0.402. The normalized spacial score (nSPS) is 38.7. The van der Waals surface area contributed by atoms with Crippen LogP contribution in [0.5, 0.6) is 0 Å². The molecule has 2 aliphatic rings. The molecule has 1 aromatic carbocycles. The first kappa shape index (κ1) is 13.1. The predicted molar refractivity (Wildman–Crippen MR) is 69.5 cm³/mol. The zero-order valence-electron chi connectivity index (χ0n) is 11.3. The fourth-order valence-corrected chi connectivity index (χ4v) is 2.79. The lowest BCUT2D eigenvalue weighted by Crippen LogP contribution is -2.52. The van der Waals surface area contributed by atoms with Crippen molar-refractivity contribution < 1.29 is 18.9 Å². The minimum absolute atomic E-state index is 0.0336. The molecule has 2 saturated heterocycles. The van der Waals surface area contributed by atoms with Crippen molar-refractivity contribution in [2.75, 3.05) is 13.7 Å². The van der Waals surface area contributed by atoms with E-state index in [1.165, 1.54) is 0 Å². The fraction of sp³-hybridized carbons (Fsp3) is 0.600. The molecule has 4 nitrogen and oxygen atoms in total. The molecule has 0 saturated carbocycles. The van der Waals surface area contributed by atoms with E-state index in [0.717, 1.165) is 12.0 Å². The van der Waals surface area contributed by atoms with Gasteiger partial charge in [0.1, 0.15) is 6.10 Å². The van der Waals surface area contributed by atoms with E-state index in [-0.39, 0.29) is 24.8 Å². The maximum atomic E-state index is 6.08. The molecule has 19 heavy (non-hydrogen) atoms. The van der Waals surface area contributed by atoms with Crippen LogP contribution in [0.2, 0.25) is 0 Å². The Kier molecular flexibility index (Phi) is 3.84. The lowest BCUT2D eigenvalue weighted by atomic mass is 9.92. The highest BCUT2D eigenvalue weighted by Crippen LogP contribution is 2.36. The molecule has 0 amide bonds. The van der Waals surface area contributed by atoms with Crippen molar-refractivity contribution in [3.8, 4) is 0 Å². The third-order valence-electron chi connectivity index (χ3n) is 3.85. The standard InChI is InChI=1S/C15H20O4/c1-10-8-13(16-2)18-12-9-17-15(19-14(10)12)11-6-4-3-5-7-11/h3-7,10,12-15H,8-9H2,1-2H3/t10-,12-,13+,14+,15?/m1/s1. The Morgan fingerprint density at radius 2 is 1.95 bits per heavy atom. The molecule has 0 N–H and O–H groups in total. The molecule has 104 valence electrons. The molecular formula is C15H20O4. The summed E-state index contributed by atoms with van der Waals surface area (Å²) >= 11 is 0. The maximum absolute atomic E-state index is 6.08. The van der Waals surface area contributed by atoms with E-state index in [2.05, 4.69) is 6.92 Å². The molecule has 4 heteroatoms. The van der Waals surface area contributed by atoms with Crippen LogP contribution in [0, 0.1) is 5.92 Å². The van der Waals surface area contributed by atoms with Gasteiger partial charge in [-0.05, 0) is 5.92 Å². The smallest absolute Gasteiger partial charge is 0.184 e. The van der Waals surface area contributed by atoms with Gasteiger partial charge in [-0.2, -0.15) is 0 Å². The Morgan fingerprint density at radius 3 is 2.68 bits per heavy atom. The zero-order chi connectivity index (χ0) is 13.2. The average molecular weight is 264 g/mol. The van der Waals surface area contributed by atoms with Gasteiger partial charge in [-0.15, -0.1) is 0 Å². The van der Waals surface area contributed by atoms with Gasteiger partial charge in [-0.25, -0.2) is 0 Å². The van der Waals surface area contributed by atoms with Crippen LogP contribution in [0.1, 0.15) is 25.2 Å². The van der Waals surface area contributed by atoms with Crippen LogP contribution in [0.4, 0.5) is 0 Å². The fourth-order valence-electron chi connectivity index (χ4n) is 2.79. The van der Waals surface area contributed by atoms with Crippen molar-refractivity contribution in [2.45, 2.75) is 38.1 Å². The van der Waals surface area contributed by atoms with Gasteiger partial charge in [0.2, 0.25) is 0 Å². The third kappa shape index (κ3) is 2.67. The molecule has 3 rings (SSSR count). The van der Waals surface area contributed by atoms with Gasteiger partial charge >= 0.3 is 0 Å². The van der Waals surface area contributed by atoms with Crippen molar-refractivity contribution in [2.24, 2.45) is 5.92 Å². The van der Waals surface area contributed by atoms with Gasteiger partial charge in [0.25, 0.3) is 0 Å². The van der Waals surface area contributed by atoms with Crippen LogP contribution in [0.15, 0.2) is 30.3 Å². The minimum atomic E-state index is -0.285. The number of hydrogen-bond donors (Lipinski definition) is 0. The Bertz CT molecular complexity index is 408. The molecule has 2 heterocycles. The minimum Gasteiger partial charge on any atom is -0.356 e. The van der Waals surface area contributed by atoms with E-state index in [1.807, 2.05) is 30.3 Å². The Labute approximate surface area is 113 Å². The largest absolute Gasteiger partial charge is 0.356 e. The molecule has 2 aliphatic heterocycles. The molecule has 0 aromatic heterocycles. The van der Waals surface area contributed by atoms with Crippen LogP contribution in [0.3, 0.4) is 0 Å². The van der Waals surface area contributed by atoms with Gasteiger partial charge in [0.05, 0.1) is 12.7 Å². The molecule has 5 atom stereocenters. The van der Waals surface area contributed by atoms with E-state index in [1.54, 1.807) is 7.11 Å². The molecule has 1 unspecified atom stereocenters. The van der Waals surface area contributed by atoms with E-state index in [9.17, 15) is 0 Å². The van der Waals surface area contributed by atoms with E-state index < -0.39 is 0 Å². The van der Waals surface area contributed by atoms with Crippen molar-refractivity contribution in [3.05, 3.63) is 35.9 Å². The lowest BCUT2D eigenvalue weighted by Gasteiger charge is -2.44. The molecular weight excluding hydrogens is 244 g/mol. The number of fused-ring (bicyclic) bond motifs is 1. The first-order valence-electron chi connectivity index (χ1n) is 6.78. The Hall–Kier alpha value is -0.940. The number of rotatable bonds is 2. The first-order chi connectivity index (χ1) is 9.28. The predicted octanol–water partition coefficient (Wildman–Crippen LogP) is 2.50. The van der Waals surface area contributed by atoms with Crippen molar-refractivity contribution >= 4 is 0 Å². The van der Waals surface area contributed by atoms with E-state index in [0.29, 0.717) is 12.5 Å². The van der Waals surface area contributed by atoms with Crippen LogP contribution < -0.4 is 0 Å². The average Bonchev–Trinajstić information content (AvgIpc) is 2.47. The number of ether oxygens (including phenoxy) is 4. The topological polar surface area (TPSA) is 36.9 Å². The van der Waals surface area contributed by atoms with Crippen LogP contribution in [0.25, 0.3) is 0 Å². The van der Waals surface area contributed by atoms with Crippen LogP contribution in [-0.2, 0) is 18.9 Å².